The molecule has 1 heterocycles. The molecule has 1 aromatic rings. The third-order valence-corrected chi connectivity index (χ3v) is 2.68. The quantitative estimate of drug-likeness (QED) is 0.875. The Hall–Kier alpha value is -1.53. The van der Waals surface area contributed by atoms with Crippen molar-refractivity contribution in [2.24, 2.45) is 5.92 Å². The number of nitrogens with two attached hydrogens (primary N) is 1. The van der Waals surface area contributed by atoms with Crippen LogP contribution < -0.4 is 11.1 Å². The minimum absolute atomic E-state index is 0.0983. The average molecular weight is 262 g/mol. The van der Waals surface area contributed by atoms with Crippen LogP contribution in [0.15, 0.2) is 6.20 Å². The Morgan fingerprint density at radius 1 is 1.39 bits per heavy atom. The fourth-order valence-electron chi connectivity index (χ4n) is 1.59. The molecule has 0 amide bonds. The fraction of sp³-hybridized carbons (Fsp3) is 0.636. The van der Waals surface area contributed by atoms with Gasteiger partial charge in [0, 0.05) is 12.2 Å². The summed E-state index contributed by atoms with van der Waals surface area (Å²) in [5, 5.41) is 2.98. The third kappa shape index (κ3) is 3.48. The fourth-order valence-corrected chi connectivity index (χ4v) is 1.59. The van der Waals surface area contributed by atoms with Gasteiger partial charge in [0.15, 0.2) is 0 Å². The third-order valence-electron chi connectivity index (χ3n) is 2.68. The molecule has 0 aliphatic carbocycles. The first-order valence-electron chi connectivity index (χ1n) is 5.72. The Kier molecular flexibility index (Phi) is 4.37. The molecule has 0 aliphatic heterocycles. The standard InChI is InChI=1S/C11H17F3N4/c1-4-8(6(2)3)17-10-16-5-7(9(15)18-10)11(12,13)14/h5-6,8H,4H2,1-3H3,(H3,15,16,17,18)/t8-/m0/s1. The molecule has 0 aromatic carbocycles. The monoisotopic (exact) mass is 262 g/mol. The summed E-state index contributed by atoms with van der Waals surface area (Å²) in [6, 6.07) is 0.0983. The van der Waals surface area contributed by atoms with Crippen LogP contribution in [0.2, 0.25) is 0 Å². The van der Waals surface area contributed by atoms with E-state index in [9.17, 15) is 13.2 Å². The molecule has 0 aliphatic rings. The van der Waals surface area contributed by atoms with Crippen molar-refractivity contribution in [2.75, 3.05) is 11.1 Å². The second-order valence-electron chi connectivity index (χ2n) is 4.39. The van der Waals surface area contributed by atoms with Crippen LogP contribution in [0.25, 0.3) is 0 Å². The number of anilines is 2. The van der Waals surface area contributed by atoms with Crippen molar-refractivity contribution in [2.45, 2.75) is 39.4 Å². The van der Waals surface area contributed by atoms with E-state index in [1.807, 2.05) is 20.8 Å². The first-order chi connectivity index (χ1) is 8.25. The van der Waals surface area contributed by atoms with Gasteiger partial charge in [-0.3, -0.25) is 0 Å². The lowest BCUT2D eigenvalue weighted by molar-refractivity contribution is -0.137. The molecule has 4 nitrogen and oxygen atoms in total. The predicted molar refractivity (Wildman–Crippen MR) is 64.0 cm³/mol. The summed E-state index contributed by atoms with van der Waals surface area (Å²) >= 11 is 0. The second-order valence-corrected chi connectivity index (χ2v) is 4.39. The molecule has 18 heavy (non-hydrogen) atoms. The normalized spacial score (nSPS) is 13.7. The highest BCUT2D eigenvalue weighted by atomic mass is 19.4. The minimum Gasteiger partial charge on any atom is -0.383 e. The van der Waals surface area contributed by atoms with Crippen molar-refractivity contribution in [3.8, 4) is 0 Å². The van der Waals surface area contributed by atoms with E-state index in [-0.39, 0.29) is 12.0 Å². The van der Waals surface area contributed by atoms with Crippen molar-refractivity contribution in [3.05, 3.63) is 11.8 Å². The van der Waals surface area contributed by atoms with E-state index in [0.717, 1.165) is 6.42 Å². The van der Waals surface area contributed by atoms with Crippen molar-refractivity contribution in [3.63, 3.8) is 0 Å². The number of alkyl halides is 3. The highest BCUT2D eigenvalue weighted by Crippen LogP contribution is 2.32. The van der Waals surface area contributed by atoms with E-state index in [2.05, 4.69) is 15.3 Å². The highest BCUT2D eigenvalue weighted by Gasteiger charge is 2.34. The lowest BCUT2D eigenvalue weighted by Crippen LogP contribution is -2.26. The zero-order chi connectivity index (χ0) is 13.9. The maximum absolute atomic E-state index is 12.5. The van der Waals surface area contributed by atoms with Gasteiger partial charge in [0.1, 0.15) is 11.4 Å². The van der Waals surface area contributed by atoms with E-state index in [1.54, 1.807) is 0 Å². The van der Waals surface area contributed by atoms with Crippen LogP contribution >= 0.6 is 0 Å². The van der Waals surface area contributed by atoms with Crippen molar-refractivity contribution < 1.29 is 13.2 Å². The second kappa shape index (κ2) is 5.41. The number of rotatable bonds is 4. The molecular formula is C11H17F3N4. The molecule has 0 saturated carbocycles. The van der Waals surface area contributed by atoms with Crippen molar-refractivity contribution in [1.29, 1.82) is 0 Å². The van der Waals surface area contributed by atoms with Crippen molar-refractivity contribution >= 4 is 11.8 Å². The van der Waals surface area contributed by atoms with E-state index in [1.165, 1.54) is 0 Å². The lowest BCUT2D eigenvalue weighted by atomic mass is 10.0. The van der Waals surface area contributed by atoms with Crippen molar-refractivity contribution in [1.82, 2.24) is 9.97 Å². The van der Waals surface area contributed by atoms with Gasteiger partial charge >= 0.3 is 6.18 Å². The lowest BCUT2D eigenvalue weighted by Gasteiger charge is -2.21. The zero-order valence-electron chi connectivity index (χ0n) is 10.5. The van der Waals surface area contributed by atoms with Gasteiger partial charge in [-0.05, 0) is 12.3 Å². The van der Waals surface area contributed by atoms with Crippen LogP contribution in [0.4, 0.5) is 24.9 Å². The Morgan fingerprint density at radius 3 is 2.39 bits per heavy atom. The first-order valence-corrected chi connectivity index (χ1v) is 5.72. The summed E-state index contributed by atoms with van der Waals surface area (Å²) in [5.41, 5.74) is 4.28. The number of aromatic nitrogens is 2. The minimum atomic E-state index is -4.52. The van der Waals surface area contributed by atoms with Gasteiger partial charge in [-0.2, -0.15) is 18.2 Å². The smallest absolute Gasteiger partial charge is 0.383 e. The molecule has 3 N–H and O–H groups in total. The Labute approximate surface area is 104 Å². The summed E-state index contributed by atoms with van der Waals surface area (Å²) in [7, 11) is 0. The van der Waals surface area contributed by atoms with Gasteiger partial charge in [0.2, 0.25) is 5.95 Å². The predicted octanol–water partition coefficient (Wildman–Crippen LogP) is 2.92. The number of nitrogen functional groups attached to an aromatic ring is 1. The van der Waals surface area contributed by atoms with Crippen LogP contribution in [0.1, 0.15) is 32.8 Å². The molecule has 7 heteroatoms. The summed E-state index contributed by atoms with van der Waals surface area (Å²) < 4.78 is 37.4. The zero-order valence-corrected chi connectivity index (χ0v) is 10.5. The molecule has 0 fully saturated rings. The van der Waals surface area contributed by atoms with Gasteiger partial charge in [0.25, 0.3) is 0 Å². The Balaban J connectivity index is 2.91. The van der Waals surface area contributed by atoms with Gasteiger partial charge < -0.3 is 11.1 Å². The molecular weight excluding hydrogens is 245 g/mol. The van der Waals surface area contributed by atoms with Gasteiger partial charge in [-0.25, -0.2) is 4.98 Å². The van der Waals surface area contributed by atoms with E-state index in [0.29, 0.717) is 12.1 Å². The maximum atomic E-state index is 12.5. The molecule has 0 saturated heterocycles. The molecule has 0 unspecified atom stereocenters. The van der Waals surface area contributed by atoms with Crippen LogP contribution in [0, 0.1) is 5.92 Å². The Morgan fingerprint density at radius 2 is 2.00 bits per heavy atom. The molecule has 1 atom stereocenters. The van der Waals surface area contributed by atoms with E-state index in [4.69, 9.17) is 5.73 Å². The molecule has 0 radical (unpaired) electrons. The van der Waals surface area contributed by atoms with Gasteiger partial charge in [-0.15, -0.1) is 0 Å². The van der Waals surface area contributed by atoms with Gasteiger partial charge in [-0.1, -0.05) is 20.8 Å². The average Bonchev–Trinajstić information content (AvgIpc) is 2.23. The number of hydrogen-bond donors (Lipinski definition) is 2. The van der Waals surface area contributed by atoms with E-state index >= 15 is 0 Å². The Bertz CT molecular complexity index is 404. The topological polar surface area (TPSA) is 63.8 Å². The first kappa shape index (κ1) is 14.5. The number of hydrogen-bond acceptors (Lipinski definition) is 4. The maximum Gasteiger partial charge on any atom is 0.421 e. The largest absolute Gasteiger partial charge is 0.421 e. The SMILES string of the molecule is CC[C@H](Nc1ncc(C(F)(F)F)c(N)n1)C(C)C. The highest BCUT2D eigenvalue weighted by molar-refractivity contribution is 5.44. The molecule has 0 bridgehead atoms. The molecule has 1 rings (SSSR count). The summed E-state index contributed by atoms with van der Waals surface area (Å²) in [6.45, 7) is 5.99. The summed E-state index contributed by atoms with van der Waals surface area (Å²) in [4.78, 5) is 7.30. The number of halogens is 3. The number of nitrogens with zero attached hydrogens (tertiary/aromatic N) is 2. The van der Waals surface area contributed by atoms with Gasteiger partial charge in [0.05, 0.1) is 0 Å². The van der Waals surface area contributed by atoms with E-state index < -0.39 is 17.6 Å². The van der Waals surface area contributed by atoms with Crippen LogP contribution in [0.3, 0.4) is 0 Å². The van der Waals surface area contributed by atoms with Crippen LogP contribution in [-0.2, 0) is 6.18 Å². The number of nitrogens with one attached hydrogen (secondary N) is 1. The molecule has 0 spiro atoms. The molecule has 1 aromatic heterocycles. The summed E-state index contributed by atoms with van der Waals surface area (Å²) in [6.07, 6.45) is -3.00. The molecule has 102 valence electrons. The summed E-state index contributed by atoms with van der Waals surface area (Å²) in [5.74, 6) is -0.109. The van der Waals surface area contributed by atoms with Crippen LogP contribution in [0.5, 0.6) is 0 Å². The van der Waals surface area contributed by atoms with Crippen LogP contribution in [-0.4, -0.2) is 16.0 Å².